The Morgan fingerprint density at radius 2 is 1.60 bits per heavy atom. The standard InChI is InChI=1S/C11H21NO2S/c1-9(2)12-7-11(8-12)10-3-5-15(13,14)6-4-10/h9-11H,3-8H2,1-2H3. The van der Waals surface area contributed by atoms with Gasteiger partial charge in [0.15, 0.2) is 0 Å². The SMILES string of the molecule is CC(C)N1CC(C2CCS(=O)(=O)CC2)C1. The minimum absolute atomic E-state index is 0.426. The first kappa shape index (κ1) is 11.4. The van der Waals surface area contributed by atoms with E-state index >= 15 is 0 Å². The van der Waals surface area contributed by atoms with E-state index in [2.05, 4.69) is 18.7 Å². The quantitative estimate of drug-likeness (QED) is 0.715. The first-order chi connectivity index (χ1) is 6.98. The lowest BCUT2D eigenvalue weighted by Gasteiger charge is -2.46. The van der Waals surface area contributed by atoms with Gasteiger partial charge in [-0.25, -0.2) is 8.42 Å². The van der Waals surface area contributed by atoms with Crippen molar-refractivity contribution in [3.05, 3.63) is 0 Å². The lowest BCUT2D eigenvalue weighted by molar-refractivity contribution is 0.0280. The molecule has 0 N–H and O–H groups in total. The van der Waals surface area contributed by atoms with Crippen molar-refractivity contribution < 1.29 is 8.42 Å². The van der Waals surface area contributed by atoms with Crippen LogP contribution in [0, 0.1) is 11.8 Å². The van der Waals surface area contributed by atoms with Crippen molar-refractivity contribution in [1.29, 1.82) is 0 Å². The molecule has 2 saturated heterocycles. The summed E-state index contributed by atoms with van der Waals surface area (Å²) >= 11 is 0. The smallest absolute Gasteiger partial charge is 0.150 e. The maximum Gasteiger partial charge on any atom is 0.150 e. The normalized spacial score (nSPS) is 29.3. The fourth-order valence-corrected chi connectivity index (χ4v) is 4.18. The first-order valence-electron chi connectivity index (χ1n) is 5.92. The lowest BCUT2D eigenvalue weighted by Crippen LogP contribution is -2.53. The second-order valence-corrected chi connectivity index (χ2v) is 7.60. The fraction of sp³-hybridized carbons (Fsp3) is 1.00. The number of likely N-dealkylation sites (tertiary alicyclic amines) is 1. The molecule has 0 amide bonds. The van der Waals surface area contributed by atoms with Crippen molar-refractivity contribution in [2.75, 3.05) is 24.6 Å². The van der Waals surface area contributed by atoms with Crippen LogP contribution in [0.15, 0.2) is 0 Å². The van der Waals surface area contributed by atoms with Crippen molar-refractivity contribution in [3.8, 4) is 0 Å². The maximum atomic E-state index is 11.3. The molecule has 3 nitrogen and oxygen atoms in total. The molecule has 88 valence electrons. The minimum Gasteiger partial charge on any atom is -0.300 e. The summed E-state index contributed by atoms with van der Waals surface area (Å²) in [5.74, 6) is 2.29. The molecule has 0 bridgehead atoms. The topological polar surface area (TPSA) is 37.4 Å². The molecule has 2 aliphatic rings. The van der Waals surface area contributed by atoms with E-state index in [1.165, 1.54) is 13.1 Å². The summed E-state index contributed by atoms with van der Waals surface area (Å²) in [5.41, 5.74) is 0. The molecule has 0 saturated carbocycles. The highest BCUT2D eigenvalue weighted by Gasteiger charge is 2.37. The fourth-order valence-electron chi connectivity index (χ4n) is 2.65. The highest BCUT2D eigenvalue weighted by atomic mass is 32.2. The Morgan fingerprint density at radius 1 is 1.07 bits per heavy atom. The van der Waals surface area contributed by atoms with Gasteiger partial charge in [-0.05, 0) is 38.5 Å². The van der Waals surface area contributed by atoms with Gasteiger partial charge in [-0.15, -0.1) is 0 Å². The molecular formula is C11H21NO2S. The number of hydrogen-bond donors (Lipinski definition) is 0. The molecule has 2 rings (SSSR count). The maximum absolute atomic E-state index is 11.3. The molecular weight excluding hydrogens is 210 g/mol. The average Bonchev–Trinajstić information content (AvgIpc) is 2.04. The summed E-state index contributed by atoms with van der Waals surface area (Å²) in [6.07, 6.45) is 1.80. The third kappa shape index (κ3) is 2.53. The van der Waals surface area contributed by atoms with E-state index in [0.717, 1.165) is 18.8 Å². The molecule has 0 aromatic carbocycles. The van der Waals surface area contributed by atoms with Gasteiger partial charge in [0.2, 0.25) is 0 Å². The summed E-state index contributed by atoms with van der Waals surface area (Å²) in [5, 5.41) is 0. The molecule has 2 heterocycles. The number of nitrogens with zero attached hydrogens (tertiary/aromatic N) is 1. The van der Waals surface area contributed by atoms with Crippen LogP contribution in [-0.2, 0) is 9.84 Å². The second-order valence-electron chi connectivity index (χ2n) is 5.30. The van der Waals surface area contributed by atoms with Crippen LogP contribution >= 0.6 is 0 Å². The van der Waals surface area contributed by atoms with Gasteiger partial charge in [-0.3, -0.25) is 0 Å². The number of rotatable bonds is 2. The van der Waals surface area contributed by atoms with Gasteiger partial charge in [0.25, 0.3) is 0 Å². The third-order valence-corrected chi connectivity index (χ3v) is 5.65. The Hall–Kier alpha value is -0.0900. The third-order valence-electron chi connectivity index (χ3n) is 3.93. The van der Waals surface area contributed by atoms with E-state index in [1.54, 1.807) is 0 Å². The molecule has 0 radical (unpaired) electrons. The second kappa shape index (κ2) is 4.06. The Balaban J connectivity index is 1.79. The van der Waals surface area contributed by atoms with E-state index < -0.39 is 9.84 Å². The zero-order valence-corrected chi connectivity index (χ0v) is 10.5. The van der Waals surface area contributed by atoms with Gasteiger partial charge < -0.3 is 4.90 Å². The summed E-state index contributed by atoms with van der Waals surface area (Å²) in [4.78, 5) is 2.47. The van der Waals surface area contributed by atoms with Crippen molar-refractivity contribution >= 4 is 9.84 Å². The van der Waals surface area contributed by atoms with Crippen molar-refractivity contribution in [2.24, 2.45) is 11.8 Å². The molecule has 4 heteroatoms. The van der Waals surface area contributed by atoms with Crippen LogP contribution in [0.4, 0.5) is 0 Å². The molecule has 0 aromatic rings. The monoisotopic (exact) mass is 231 g/mol. The predicted octanol–water partition coefficient (Wildman–Crippen LogP) is 1.15. The van der Waals surface area contributed by atoms with Crippen molar-refractivity contribution in [2.45, 2.75) is 32.7 Å². The van der Waals surface area contributed by atoms with Crippen LogP contribution < -0.4 is 0 Å². The van der Waals surface area contributed by atoms with E-state index in [4.69, 9.17) is 0 Å². The number of sulfone groups is 1. The van der Waals surface area contributed by atoms with Crippen LogP contribution in [0.2, 0.25) is 0 Å². The summed E-state index contributed by atoms with van der Waals surface area (Å²) < 4.78 is 22.6. The molecule has 2 aliphatic heterocycles. The zero-order chi connectivity index (χ0) is 11.1. The van der Waals surface area contributed by atoms with E-state index in [0.29, 0.717) is 23.5 Å². The molecule has 0 unspecified atom stereocenters. The minimum atomic E-state index is -2.68. The molecule has 0 aromatic heterocycles. The zero-order valence-electron chi connectivity index (χ0n) is 9.65. The highest BCUT2D eigenvalue weighted by Crippen LogP contribution is 2.33. The van der Waals surface area contributed by atoms with Crippen LogP contribution in [0.1, 0.15) is 26.7 Å². The van der Waals surface area contributed by atoms with Gasteiger partial charge in [-0.2, -0.15) is 0 Å². The Morgan fingerprint density at radius 3 is 2.07 bits per heavy atom. The van der Waals surface area contributed by atoms with Gasteiger partial charge in [-0.1, -0.05) is 0 Å². The van der Waals surface area contributed by atoms with Crippen LogP contribution in [0.5, 0.6) is 0 Å². The highest BCUT2D eigenvalue weighted by molar-refractivity contribution is 7.91. The van der Waals surface area contributed by atoms with Gasteiger partial charge in [0.05, 0.1) is 11.5 Å². The Labute approximate surface area is 92.8 Å². The molecule has 0 aliphatic carbocycles. The number of hydrogen-bond acceptors (Lipinski definition) is 3. The lowest BCUT2D eigenvalue weighted by atomic mass is 9.81. The van der Waals surface area contributed by atoms with E-state index in [1.807, 2.05) is 0 Å². The van der Waals surface area contributed by atoms with Crippen molar-refractivity contribution in [1.82, 2.24) is 4.90 Å². The van der Waals surface area contributed by atoms with Gasteiger partial charge >= 0.3 is 0 Å². The summed E-state index contributed by atoms with van der Waals surface area (Å²) in [7, 11) is -2.68. The first-order valence-corrected chi connectivity index (χ1v) is 7.74. The Kier molecular flexibility index (Phi) is 3.08. The van der Waals surface area contributed by atoms with Gasteiger partial charge in [0, 0.05) is 19.1 Å². The van der Waals surface area contributed by atoms with Crippen molar-refractivity contribution in [3.63, 3.8) is 0 Å². The van der Waals surface area contributed by atoms with E-state index in [-0.39, 0.29) is 0 Å². The summed E-state index contributed by atoms with van der Waals surface area (Å²) in [6.45, 7) is 6.81. The largest absolute Gasteiger partial charge is 0.300 e. The van der Waals surface area contributed by atoms with Crippen LogP contribution in [0.25, 0.3) is 0 Å². The molecule has 2 fully saturated rings. The van der Waals surface area contributed by atoms with Crippen LogP contribution in [-0.4, -0.2) is 44.0 Å². The molecule has 0 atom stereocenters. The van der Waals surface area contributed by atoms with Crippen LogP contribution in [0.3, 0.4) is 0 Å². The molecule has 0 spiro atoms. The van der Waals surface area contributed by atoms with E-state index in [9.17, 15) is 8.42 Å². The summed E-state index contributed by atoms with van der Waals surface area (Å²) in [6, 6.07) is 0.647. The Bertz CT molecular complexity index is 303. The molecule has 15 heavy (non-hydrogen) atoms. The predicted molar refractivity (Wildman–Crippen MR) is 61.6 cm³/mol. The van der Waals surface area contributed by atoms with Gasteiger partial charge in [0.1, 0.15) is 9.84 Å². The average molecular weight is 231 g/mol.